The van der Waals surface area contributed by atoms with Crippen LogP contribution in [-0.4, -0.2) is 40.1 Å². The molecule has 1 fully saturated rings. The van der Waals surface area contributed by atoms with E-state index in [2.05, 4.69) is 20.2 Å². The molecule has 0 atom stereocenters. The van der Waals surface area contributed by atoms with E-state index in [1.165, 1.54) is 18.5 Å². The third-order valence-corrected chi connectivity index (χ3v) is 6.62. The predicted octanol–water partition coefficient (Wildman–Crippen LogP) is 5.76. The second kappa shape index (κ2) is 9.03. The number of nitrogens with one attached hydrogen (secondary N) is 1. The van der Waals surface area contributed by atoms with Crippen LogP contribution in [0.3, 0.4) is 0 Å². The van der Waals surface area contributed by atoms with E-state index < -0.39 is 6.43 Å². The quantitative estimate of drug-likeness (QED) is 0.393. The van der Waals surface area contributed by atoms with E-state index in [0.717, 1.165) is 37.2 Å². The summed E-state index contributed by atoms with van der Waals surface area (Å²) in [7, 11) is 0. The highest BCUT2D eigenvalue weighted by atomic mass is 19.3. The summed E-state index contributed by atoms with van der Waals surface area (Å²) in [5.74, 6) is 1.45. The van der Waals surface area contributed by atoms with E-state index in [1.54, 1.807) is 41.6 Å². The van der Waals surface area contributed by atoms with Crippen molar-refractivity contribution in [3.05, 3.63) is 72.9 Å². The molecule has 2 amide bonds. The zero-order chi connectivity index (χ0) is 24.6. The summed E-state index contributed by atoms with van der Waals surface area (Å²) in [4.78, 5) is 30.6. The maximum absolute atomic E-state index is 13.6. The van der Waals surface area contributed by atoms with Crippen molar-refractivity contribution in [3.8, 4) is 22.6 Å². The van der Waals surface area contributed by atoms with Crippen molar-refractivity contribution in [2.75, 3.05) is 28.2 Å². The molecule has 1 N–H and O–H groups in total. The molecule has 182 valence electrons. The Bertz CT molecular complexity index is 1400. The largest absolute Gasteiger partial charge is 0.444 e. The lowest BCUT2D eigenvalue weighted by molar-refractivity contribution is 0.151. The number of benzene rings is 1. The number of amides is 2. The van der Waals surface area contributed by atoms with Gasteiger partial charge in [-0.1, -0.05) is 18.2 Å². The summed E-state index contributed by atoms with van der Waals surface area (Å²) in [5, 5.41) is 2.90. The molecule has 0 unspecified atom stereocenters. The van der Waals surface area contributed by atoms with Crippen molar-refractivity contribution in [1.82, 2.24) is 15.0 Å². The molecule has 36 heavy (non-hydrogen) atoms. The summed E-state index contributed by atoms with van der Waals surface area (Å²) in [6.45, 7) is 1.62. The van der Waals surface area contributed by atoms with Crippen LogP contribution in [0.1, 0.15) is 24.8 Å². The second-order valence-corrected chi connectivity index (χ2v) is 8.78. The summed E-state index contributed by atoms with van der Waals surface area (Å²) in [6.07, 6.45) is 3.54. The number of pyridine rings is 2. The van der Waals surface area contributed by atoms with Gasteiger partial charge in [-0.2, -0.15) is 0 Å². The SMILES string of the molecule is O=C(Nc1cc(-c2cnco2)ccn1)N1c2nc(-c3cccc(C(F)F)c3)ccc2N2CCC1CC2. The monoisotopic (exact) mass is 488 g/mol. The van der Waals surface area contributed by atoms with Crippen LogP contribution in [0.25, 0.3) is 22.6 Å². The van der Waals surface area contributed by atoms with Gasteiger partial charge in [0.15, 0.2) is 18.0 Å². The van der Waals surface area contributed by atoms with Crippen LogP contribution in [0.4, 0.5) is 30.9 Å². The highest BCUT2D eigenvalue weighted by molar-refractivity contribution is 6.04. The number of piperidine rings is 1. The van der Waals surface area contributed by atoms with Crippen LogP contribution >= 0.6 is 0 Å². The smallest absolute Gasteiger partial charge is 0.328 e. The maximum atomic E-state index is 13.6. The van der Waals surface area contributed by atoms with Crippen molar-refractivity contribution in [2.24, 2.45) is 0 Å². The first-order valence-corrected chi connectivity index (χ1v) is 11.7. The predicted molar refractivity (Wildman–Crippen MR) is 131 cm³/mol. The standard InChI is InChI=1S/C26H22F2N6O2/c27-24(28)18-3-1-2-16(12-18)20-4-5-21-25(31-20)34(19-7-10-33(21)11-8-19)26(35)32-23-13-17(6-9-30-23)22-14-29-15-36-22/h1-6,9,12-15,19,24H,7-8,10-11H2,(H,30,32,35). The van der Waals surface area contributed by atoms with Crippen molar-refractivity contribution in [1.29, 1.82) is 0 Å². The lowest BCUT2D eigenvalue weighted by atomic mass is 10.1. The van der Waals surface area contributed by atoms with Gasteiger partial charge in [0.1, 0.15) is 5.82 Å². The fourth-order valence-electron chi connectivity index (χ4n) is 4.84. The van der Waals surface area contributed by atoms with Crippen LogP contribution in [0.15, 0.2) is 71.7 Å². The van der Waals surface area contributed by atoms with Gasteiger partial charge in [-0.3, -0.25) is 10.2 Å². The van der Waals surface area contributed by atoms with Crippen LogP contribution in [0.5, 0.6) is 0 Å². The van der Waals surface area contributed by atoms with Gasteiger partial charge >= 0.3 is 6.03 Å². The number of alkyl halides is 2. The average Bonchev–Trinajstić information content (AvgIpc) is 3.35. The molecule has 0 aliphatic carbocycles. The number of carbonyl (C=O) groups excluding carboxylic acids is 1. The van der Waals surface area contributed by atoms with E-state index in [-0.39, 0.29) is 17.6 Å². The third-order valence-electron chi connectivity index (χ3n) is 6.62. The Kier molecular flexibility index (Phi) is 5.55. The minimum Gasteiger partial charge on any atom is -0.444 e. The first kappa shape index (κ1) is 22.1. The van der Waals surface area contributed by atoms with Crippen molar-refractivity contribution >= 4 is 23.4 Å². The number of hydrogen-bond acceptors (Lipinski definition) is 6. The van der Waals surface area contributed by atoms with Crippen LogP contribution < -0.4 is 15.1 Å². The fourth-order valence-corrected chi connectivity index (χ4v) is 4.84. The number of rotatable bonds is 4. The van der Waals surface area contributed by atoms with Crippen molar-refractivity contribution in [3.63, 3.8) is 0 Å². The molecule has 3 aliphatic heterocycles. The lowest BCUT2D eigenvalue weighted by Gasteiger charge is -2.31. The van der Waals surface area contributed by atoms with E-state index in [0.29, 0.717) is 28.7 Å². The van der Waals surface area contributed by atoms with Gasteiger partial charge < -0.3 is 9.32 Å². The second-order valence-electron chi connectivity index (χ2n) is 8.78. The van der Waals surface area contributed by atoms with Gasteiger partial charge in [0.05, 0.1) is 17.6 Å². The number of oxazole rings is 1. The van der Waals surface area contributed by atoms with Gasteiger partial charge in [-0.25, -0.2) is 28.5 Å². The number of urea groups is 1. The number of anilines is 3. The van der Waals surface area contributed by atoms with E-state index in [1.807, 2.05) is 12.1 Å². The highest BCUT2D eigenvalue weighted by Gasteiger charge is 2.37. The normalized spacial score (nSPS) is 15.2. The molecule has 7 rings (SSSR count). The van der Waals surface area contributed by atoms with Crippen molar-refractivity contribution < 1.29 is 18.0 Å². The Hall–Kier alpha value is -4.34. The number of nitrogens with zero attached hydrogens (tertiary/aromatic N) is 5. The Labute approximate surface area is 205 Å². The molecule has 2 bridgehead atoms. The molecule has 0 radical (unpaired) electrons. The van der Waals surface area contributed by atoms with Gasteiger partial charge in [0.2, 0.25) is 0 Å². The minimum absolute atomic E-state index is 0.0462. The van der Waals surface area contributed by atoms with Crippen LogP contribution in [-0.2, 0) is 0 Å². The van der Waals surface area contributed by atoms with Gasteiger partial charge in [-0.05, 0) is 43.2 Å². The Morgan fingerprint density at radius 2 is 1.94 bits per heavy atom. The molecular weight excluding hydrogens is 466 g/mol. The number of carbonyl (C=O) groups is 1. The fraction of sp³-hybridized carbons (Fsp3) is 0.231. The molecule has 3 aromatic heterocycles. The zero-order valence-electron chi connectivity index (χ0n) is 19.1. The molecular formula is C26H22F2N6O2. The van der Waals surface area contributed by atoms with Gasteiger partial charge in [0.25, 0.3) is 6.43 Å². The third kappa shape index (κ3) is 4.04. The molecule has 1 saturated heterocycles. The molecule has 0 spiro atoms. The van der Waals surface area contributed by atoms with Gasteiger partial charge in [-0.15, -0.1) is 0 Å². The van der Waals surface area contributed by atoms with Crippen LogP contribution in [0.2, 0.25) is 0 Å². The van der Waals surface area contributed by atoms with E-state index >= 15 is 0 Å². The number of hydrogen-bond donors (Lipinski definition) is 1. The first-order valence-electron chi connectivity index (χ1n) is 11.7. The van der Waals surface area contributed by atoms with E-state index in [9.17, 15) is 13.6 Å². The zero-order valence-corrected chi connectivity index (χ0v) is 19.1. The summed E-state index contributed by atoms with van der Waals surface area (Å²) < 4.78 is 31.9. The Morgan fingerprint density at radius 3 is 2.72 bits per heavy atom. The maximum Gasteiger partial charge on any atom is 0.328 e. The molecule has 6 heterocycles. The molecule has 8 nitrogen and oxygen atoms in total. The average molecular weight is 488 g/mol. The summed E-state index contributed by atoms with van der Waals surface area (Å²) in [5.41, 5.74) is 2.62. The number of aromatic nitrogens is 3. The van der Waals surface area contributed by atoms with Gasteiger partial charge in [0, 0.05) is 42.0 Å². The summed E-state index contributed by atoms with van der Waals surface area (Å²) in [6, 6.07) is 13.0. The molecule has 0 saturated carbocycles. The number of halogens is 2. The highest BCUT2D eigenvalue weighted by Crippen LogP contribution is 2.39. The topological polar surface area (TPSA) is 87.4 Å². The molecule has 3 aliphatic rings. The number of fused-ring (bicyclic) bond motifs is 2. The van der Waals surface area contributed by atoms with Crippen LogP contribution in [0, 0.1) is 0 Å². The first-order chi connectivity index (χ1) is 17.6. The molecule has 10 heteroatoms. The Balaban J connectivity index is 1.36. The molecule has 1 aromatic carbocycles. The molecule has 4 aromatic rings. The van der Waals surface area contributed by atoms with E-state index in [4.69, 9.17) is 9.40 Å². The Morgan fingerprint density at radius 1 is 1.08 bits per heavy atom. The summed E-state index contributed by atoms with van der Waals surface area (Å²) >= 11 is 0. The lowest BCUT2D eigenvalue weighted by Crippen LogP contribution is -2.46. The minimum atomic E-state index is -2.57. The van der Waals surface area contributed by atoms with Crippen molar-refractivity contribution in [2.45, 2.75) is 25.3 Å².